The van der Waals surface area contributed by atoms with Crippen molar-refractivity contribution in [3.05, 3.63) is 12.2 Å². The molecule has 2 N–H and O–H groups in total. The van der Waals surface area contributed by atoms with E-state index in [0.717, 1.165) is 64.2 Å². The van der Waals surface area contributed by atoms with Crippen LogP contribution in [0.5, 0.6) is 0 Å². The van der Waals surface area contributed by atoms with Gasteiger partial charge in [-0.05, 0) is 32.1 Å². The molecule has 0 radical (unpaired) electrons. The predicted octanol–water partition coefficient (Wildman–Crippen LogP) is 4.87. The topological polar surface area (TPSA) is 113 Å². The van der Waals surface area contributed by atoms with Crippen molar-refractivity contribution in [1.29, 1.82) is 0 Å². The molecule has 3 unspecified atom stereocenters. The molecule has 1 saturated heterocycles. The van der Waals surface area contributed by atoms with Crippen molar-refractivity contribution in [2.24, 2.45) is 0 Å². The van der Waals surface area contributed by atoms with Gasteiger partial charge >= 0.3 is 17.9 Å². The number of allylic oxidation sites excluding steroid dienone is 1. The smallest absolute Gasteiger partial charge is 0.335 e. The molecule has 7 heteroatoms. The molecule has 0 bridgehead atoms. The number of hydrogen-bond donors (Lipinski definition) is 2. The Labute approximate surface area is 179 Å². The number of esters is 1. The lowest BCUT2D eigenvalue weighted by atomic mass is 10.1. The molecule has 0 spiro atoms. The van der Waals surface area contributed by atoms with E-state index in [1.807, 2.05) is 0 Å². The molecule has 0 aromatic heterocycles. The summed E-state index contributed by atoms with van der Waals surface area (Å²) in [6.45, 7) is 2.15. The number of ether oxygens (including phenoxy) is 2. The maximum atomic E-state index is 12.1. The van der Waals surface area contributed by atoms with Gasteiger partial charge in [-0.3, -0.25) is 9.59 Å². The summed E-state index contributed by atoms with van der Waals surface area (Å²) in [5, 5.41) is 17.4. The van der Waals surface area contributed by atoms with Gasteiger partial charge in [0.15, 0.2) is 6.10 Å². The number of aliphatic carboxylic acids is 2. The van der Waals surface area contributed by atoms with E-state index in [-0.39, 0.29) is 24.9 Å². The molecule has 1 heterocycles. The van der Waals surface area contributed by atoms with Crippen LogP contribution in [0, 0.1) is 0 Å². The van der Waals surface area contributed by atoms with Crippen LogP contribution in [0.25, 0.3) is 0 Å². The minimum Gasteiger partial charge on any atom is -0.481 e. The minimum atomic E-state index is -1.03. The Morgan fingerprint density at radius 3 is 2.33 bits per heavy atom. The van der Waals surface area contributed by atoms with Crippen molar-refractivity contribution in [2.45, 2.75) is 115 Å². The van der Waals surface area contributed by atoms with Crippen molar-refractivity contribution in [2.75, 3.05) is 0 Å². The molecule has 0 aromatic carbocycles. The second-order valence-corrected chi connectivity index (χ2v) is 8.01. The Bertz CT molecular complexity index is 544. The summed E-state index contributed by atoms with van der Waals surface area (Å²) in [6.07, 6.45) is 14.6. The van der Waals surface area contributed by atoms with E-state index in [1.54, 1.807) is 0 Å². The lowest BCUT2D eigenvalue weighted by molar-refractivity contribution is -0.149. The van der Waals surface area contributed by atoms with Crippen molar-refractivity contribution >= 4 is 17.9 Å². The van der Waals surface area contributed by atoms with Crippen molar-refractivity contribution in [3.8, 4) is 0 Å². The zero-order valence-corrected chi connectivity index (χ0v) is 18.2. The van der Waals surface area contributed by atoms with Gasteiger partial charge in [-0.1, -0.05) is 57.6 Å². The highest BCUT2D eigenvalue weighted by atomic mass is 16.6. The van der Waals surface area contributed by atoms with Gasteiger partial charge in [0.1, 0.15) is 12.2 Å². The molecule has 0 aliphatic carbocycles. The first-order valence-corrected chi connectivity index (χ1v) is 11.4. The van der Waals surface area contributed by atoms with Gasteiger partial charge in [-0.25, -0.2) is 4.79 Å². The number of carbonyl (C=O) groups excluding carboxylic acids is 1. The van der Waals surface area contributed by atoms with Crippen LogP contribution in [0.1, 0.15) is 96.8 Å². The van der Waals surface area contributed by atoms with E-state index >= 15 is 0 Å². The average Bonchev–Trinajstić information content (AvgIpc) is 3.45. The van der Waals surface area contributed by atoms with Crippen LogP contribution in [-0.4, -0.2) is 46.4 Å². The Balaban J connectivity index is 2.23. The average molecular weight is 427 g/mol. The largest absolute Gasteiger partial charge is 0.481 e. The Hall–Kier alpha value is -1.89. The van der Waals surface area contributed by atoms with Crippen LogP contribution in [0.15, 0.2) is 12.2 Å². The fourth-order valence-electron chi connectivity index (χ4n) is 3.37. The molecule has 1 rings (SSSR count). The lowest BCUT2D eigenvalue weighted by Gasteiger charge is -2.16. The summed E-state index contributed by atoms with van der Waals surface area (Å²) >= 11 is 0. The third kappa shape index (κ3) is 13.4. The zero-order valence-electron chi connectivity index (χ0n) is 18.2. The highest BCUT2D eigenvalue weighted by molar-refractivity contribution is 5.78. The highest BCUT2D eigenvalue weighted by Gasteiger charge is 2.46. The molecular weight excluding hydrogens is 388 g/mol. The van der Waals surface area contributed by atoms with Crippen LogP contribution >= 0.6 is 0 Å². The Morgan fingerprint density at radius 2 is 1.67 bits per heavy atom. The second kappa shape index (κ2) is 15.9. The summed E-state index contributed by atoms with van der Waals surface area (Å²) in [4.78, 5) is 33.4. The van der Waals surface area contributed by atoms with Crippen LogP contribution in [0.2, 0.25) is 0 Å². The molecule has 0 aromatic rings. The number of carboxylic acids is 2. The summed E-state index contributed by atoms with van der Waals surface area (Å²) in [5.41, 5.74) is 0. The molecular formula is C23H38O7. The summed E-state index contributed by atoms with van der Waals surface area (Å²) < 4.78 is 10.6. The molecule has 1 aliphatic heterocycles. The zero-order chi connectivity index (χ0) is 22.2. The van der Waals surface area contributed by atoms with Gasteiger partial charge in [0.25, 0.3) is 0 Å². The van der Waals surface area contributed by atoms with Crippen molar-refractivity contribution in [1.82, 2.24) is 0 Å². The Kier molecular flexibility index (Phi) is 13.8. The summed E-state index contributed by atoms with van der Waals surface area (Å²) in [6, 6.07) is 0. The normalized spacial score (nSPS) is 19.0. The Morgan fingerprint density at radius 1 is 0.967 bits per heavy atom. The molecule has 1 aliphatic rings. The molecule has 30 heavy (non-hydrogen) atoms. The molecule has 1 fully saturated rings. The highest BCUT2D eigenvalue weighted by Crippen LogP contribution is 2.26. The minimum absolute atomic E-state index is 0.00593. The summed E-state index contributed by atoms with van der Waals surface area (Å²) in [7, 11) is 0. The monoisotopic (exact) mass is 426 g/mol. The van der Waals surface area contributed by atoms with Gasteiger partial charge in [0.2, 0.25) is 0 Å². The molecule has 3 atom stereocenters. The van der Waals surface area contributed by atoms with Gasteiger partial charge in [0.05, 0.1) is 6.42 Å². The standard InChI is InChI=1S/C23H38O7/c1-2-3-4-11-14-18(29-21(26)17-19-22(30-19)23(27)28)15-12-9-7-5-6-8-10-13-16-20(24)25/h9,12,18-19,22H,2-8,10-11,13-17H2,1H3,(H,24,25)(H,27,28). The maximum Gasteiger partial charge on any atom is 0.335 e. The predicted molar refractivity (Wildman–Crippen MR) is 113 cm³/mol. The van der Waals surface area contributed by atoms with Crippen LogP contribution in [0.4, 0.5) is 0 Å². The maximum absolute atomic E-state index is 12.1. The van der Waals surface area contributed by atoms with E-state index in [1.165, 1.54) is 6.42 Å². The van der Waals surface area contributed by atoms with Crippen molar-refractivity contribution < 1.29 is 34.1 Å². The molecule has 0 amide bonds. The van der Waals surface area contributed by atoms with E-state index in [9.17, 15) is 14.4 Å². The number of hydrogen-bond acceptors (Lipinski definition) is 5. The van der Waals surface area contributed by atoms with E-state index in [0.29, 0.717) is 6.42 Å². The van der Waals surface area contributed by atoms with Crippen LogP contribution in [0.3, 0.4) is 0 Å². The first-order valence-electron chi connectivity index (χ1n) is 11.4. The van der Waals surface area contributed by atoms with Gasteiger partial charge in [0, 0.05) is 12.8 Å². The van der Waals surface area contributed by atoms with Crippen molar-refractivity contribution in [3.63, 3.8) is 0 Å². The van der Waals surface area contributed by atoms with Crippen LogP contribution in [-0.2, 0) is 23.9 Å². The van der Waals surface area contributed by atoms with E-state index in [4.69, 9.17) is 19.7 Å². The second-order valence-electron chi connectivity index (χ2n) is 8.01. The van der Waals surface area contributed by atoms with E-state index < -0.39 is 24.1 Å². The number of unbranched alkanes of at least 4 members (excludes halogenated alkanes) is 8. The number of rotatable bonds is 19. The fourth-order valence-corrected chi connectivity index (χ4v) is 3.37. The summed E-state index contributed by atoms with van der Waals surface area (Å²) in [5.74, 6) is -2.15. The first kappa shape index (κ1) is 26.1. The fraction of sp³-hybridized carbons (Fsp3) is 0.783. The first-order chi connectivity index (χ1) is 14.4. The third-order valence-electron chi connectivity index (χ3n) is 5.20. The molecule has 0 saturated carbocycles. The quantitative estimate of drug-likeness (QED) is 0.131. The lowest BCUT2D eigenvalue weighted by Crippen LogP contribution is -2.20. The van der Waals surface area contributed by atoms with Gasteiger partial charge in [-0.2, -0.15) is 0 Å². The number of carboxylic acid groups (broad SMARTS) is 2. The third-order valence-corrected chi connectivity index (χ3v) is 5.20. The van der Waals surface area contributed by atoms with Gasteiger partial charge < -0.3 is 19.7 Å². The number of carbonyl (C=O) groups is 3. The molecule has 172 valence electrons. The van der Waals surface area contributed by atoms with Crippen LogP contribution < -0.4 is 0 Å². The molecule has 7 nitrogen and oxygen atoms in total. The number of epoxide rings is 1. The van der Waals surface area contributed by atoms with Gasteiger partial charge in [-0.15, -0.1) is 0 Å². The van der Waals surface area contributed by atoms with E-state index in [2.05, 4.69) is 19.1 Å². The SMILES string of the molecule is CCCCCCC(CC=CCCCCCCCC(=O)O)OC(=O)CC1OC1C(=O)O.